The molecule has 0 amide bonds. The summed E-state index contributed by atoms with van der Waals surface area (Å²) in [6.45, 7) is 3.92. The van der Waals surface area contributed by atoms with Crippen molar-refractivity contribution in [3.05, 3.63) is 149 Å². The predicted octanol–water partition coefficient (Wildman–Crippen LogP) is 8.68. The lowest BCUT2D eigenvalue weighted by atomic mass is 9.87. The van der Waals surface area contributed by atoms with Crippen molar-refractivity contribution in [2.75, 3.05) is 7.11 Å². The maximum atomic E-state index is 14.3. The van der Waals surface area contributed by atoms with Crippen molar-refractivity contribution in [3.63, 3.8) is 0 Å². The maximum Gasteiger partial charge on any atom is 0.170 e. The van der Waals surface area contributed by atoms with E-state index in [0.717, 1.165) is 22.8 Å². The molecule has 8 N–H and O–H groups in total. The van der Waals surface area contributed by atoms with Crippen LogP contribution in [-0.4, -0.2) is 39.4 Å². The summed E-state index contributed by atoms with van der Waals surface area (Å²) in [4.78, 5) is 0. The quantitative estimate of drug-likeness (QED) is 0.0415. The minimum absolute atomic E-state index is 0.0488. The summed E-state index contributed by atoms with van der Waals surface area (Å²) in [7, 11) is 1.38. The molecule has 6 aromatic rings. The van der Waals surface area contributed by atoms with E-state index in [2.05, 4.69) is 10.3 Å². The molecule has 6 aromatic carbocycles. The first-order valence-electron chi connectivity index (χ1n) is 16.0. The Balaban J connectivity index is 0.000000204. The second-order valence-corrected chi connectivity index (χ2v) is 12.0. The van der Waals surface area contributed by atoms with Crippen LogP contribution in [0.4, 0.5) is 13.2 Å². The standard InChI is InChI=1S/C21H19FN2O2.C20H16F2N2O3/c1-12-3-4-13(2)17(9-12)20-18(14-5-7-16(25)8-6-14)10-15(22)11-19(20)21(23)24-26;1-27-18-10-12(21)4-7-15(18)19-16(11-2-5-14(25)6-3-11)8-13(22)9-17(19)20(23)24-26/h3-11,25-26H,1-2H3,(H2,23,24);2-10,25-26H,1H3,(H2,23,24). The molecule has 270 valence electrons. The van der Waals surface area contributed by atoms with Gasteiger partial charge in [-0.05, 0) is 108 Å². The summed E-state index contributed by atoms with van der Waals surface area (Å²) in [5, 5.41) is 43.5. The Bertz CT molecular complexity index is 2350. The molecule has 0 aliphatic heterocycles. The average Bonchev–Trinajstić information content (AvgIpc) is 3.15. The number of phenols is 2. The van der Waals surface area contributed by atoms with E-state index in [4.69, 9.17) is 21.4 Å². The van der Waals surface area contributed by atoms with E-state index in [1.54, 1.807) is 24.3 Å². The van der Waals surface area contributed by atoms with Gasteiger partial charge in [0.25, 0.3) is 0 Å². The van der Waals surface area contributed by atoms with Crippen LogP contribution in [0.3, 0.4) is 0 Å². The molecular formula is C41H35F3N4O5. The predicted molar refractivity (Wildman–Crippen MR) is 199 cm³/mol. The third-order valence-corrected chi connectivity index (χ3v) is 8.43. The van der Waals surface area contributed by atoms with Crippen LogP contribution in [0.15, 0.2) is 120 Å². The van der Waals surface area contributed by atoms with Crippen LogP contribution in [0.2, 0.25) is 0 Å². The number of phenolic OH excluding ortho intramolecular Hbond substituents is 2. The number of halogens is 3. The van der Waals surface area contributed by atoms with Crippen molar-refractivity contribution in [1.29, 1.82) is 0 Å². The summed E-state index contributed by atoms with van der Waals surface area (Å²) < 4.78 is 47.5. The highest BCUT2D eigenvalue weighted by Gasteiger charge is 2.22. The zero-order valence-corrected chi connectivity index (χ0v) is 28.8. The van der Waals surface area contributed by atoms with E-state index < -0.39 is 17.5 Å². The summed E-state index contributed by atoms with van der Waals surface area (Å²) in [5.41, 5.74) is 18.7. The largest absolute Gasteiger partial charge is 0.508 e. The molecule has 0 bridgehead atoms. The lowest BCUT2D eigenvalue weighted by molar-refractivity contribution is 0.318. The highest BCUT2D eigenvalue weighted by Crippen LogP contribution is 2.41. The van der Waals surface area contributed by atoms with Crippen molar-refractivity contribution in [3.8, 4) is 61.8 Å². The number of hydrogen-bond donors (Lipinski definition) is 6. The molecule has 12 heteroatoms. The van der Waals surface area contributed by atoms with Gasteiger partial charge in [0.2, 0.25) is 0 Å². The van der Waals surface area contributed by atoms with Gasteiger partial charge >= 0.3 is 0 Å². The van der Waals surface area contributed by atoms with Crippen LogP contribution in [-0.2, 0) is 0 Å². The number of amidine groups is 2. The van der Waals surface area contributed by atoms with Gasteiger partial charge in [0.15, 0.2) is 11.7 Å². The molecular weight excluding hydrogens is 685 g/mol. The van der Waals surface area contributed by atoms with E-state index in [0.29, 0.717) is 44.5 Å². The van der Waals surface area contributed by atoms with E-state index in [1.807, 2.05) is 32.0 Å². The van der Waals surface area contributed by atoms with Gasteiger partial charge in [-0.25, -0.2) is 13.2 Å². The van der Waals surface area contributed by atoms with Gasteiger partial charge in [0.05, 0.1) is 7.11 Å². The molecule has 0 saturated carbocycles. The first-order valence-corrected chi connectivity index (χ1v) is 16.0. The number of aryl methyl sites for hydroxylation is 2. The number of benzene rings is 6. The molecule has 0 saturated heterocycles. The molecule has 6 rings (SSSR count). The van der Waals surface area contributed by atoms with E-state index in [9.17, 15) is 28.6 Å². The number of methoxy groups -OCH3 is 1. The van der Waals surface area contributed by atoms with Gasteiger partial charge in [-0.2, -0.15) is 0 Å². The fraction of sp³-hybridized carbons (Fsp3) is 0.0732. The minimum atomic E-state index is -0.607. The van der Waals surface area contributed by atoms with Crippen molar-refractivity contribution >= 4 is 11.7 Å². The topological polar surface area (TPSA) is 167 Å². The second-order valence-electron chi connectivity index (χ2n) is 12.0. The first kappa shape index (κ1) is 37.3. The number of nitrogens with zero attached hydrogens (tertiary/aromatic N) is 2. The molecule has 0 aromatic heterocycles. The van der Waals surface area contributed by atoms with Crippen LogP contribution >= 0.6 is 0 Å². The SMILES string of the molecule is COc1cc(F)ccc1-c1c(C(N)=NO)cc(F)cc1-c1ccc(O)cc1.Cc1ccc(C)c(-c2c(C(N)=NO)cc(F)cc2-c2ccc(O)cc2)c1. The molecule has 53 heavy (non-hydrogen) atoms. The van der Waals surface area contributed by atoms with Gasteiger partial charge < -0.3 is 36.8 Å². The van der Waals surface area contributed by atoms with E-state index in [-0.39, 0.29) is 34.5 Å². The monoisotopic (exact) mass is 720 g/mol. The van der Waals surface area contributed by atoms with Gasteiger partial charge in [-0.3, -0.25) is 0 Å². The number of rotatable bonds is 7. The smallest absolute Gasteiger partial charge is 0.170 e. The Morgan fingerprint density at radius 3 is 1.47 bits per heavy atom. The lowest BCUT2D eigenvalue weighted by Crippen LogP contribution is -2.15. The minimum Gasteiger partial charge on any atom is -0.508 e. The number of hydrogen-bond acceptors (Lipinski definition) is 7. The molecule has 0 radical (unpaired) electrons. The summed E-state index contributed by atoms with van der Waals surface area (Å²) in [6, 6.07) is 27.5. The zero-order valence-electron chi connectivity index (χ0n) is 28.8. The molecule has 0 spiro atoms. The van der Waals surface area contributed by atoms with Crippen LogP contribution in [0, 0.1) is 31.3 Å². The lowest BCUT2D eigenvalue weighted by Gasteiger charge is -2.18. The molecule has 0 aliphatic carbocycles. The summed E-state index contributed by atoms with van der Waals surface area (Å²) in [6.07, 6.45) is 0. The van der Waals surface area contributed by atoms with Gasteiger partial charge in [0.1, 0.15) is 34.7 Å². The molecule has 9 nitrogen and oxygen atoms in total. The van der Waals surface area contributed by atoms with E-state index >= 15 is 0 Å². The molecule has 0 heterocycles. The Labute approximate surface area is 303 Å². The average molecular weight is 721 g/mol. The van der Waals surface area contributed by atoms with E-state index in [1.165, 1.54) is 67.8 Å². The Hall–Kier alpha value is -6.95. The van der Waals surface area contributed by atoms with Gasteiger partial charge in [0, 0.05) is 33.9 Å². The Morgan fingerprint density at radius 1 is 0.547 bits per heavy atom. The molecule has 0 aliphatic rings. The second kappa shape index (κ2) is 15.9. The highest BCUT2D eigenvalue weighted by molar-refractivity contribution is 6.08. The Morgan fingerprint density at radius 2 is 1.02 bits per heavy atom. The van der Waals surface area contributed by atoms with Gasteiger partial charge in [-0.1, -0.05) is 58.3 Å². The number of ether oxygens (including phenoxy) is 1. The summed E-state index contributed by atoms with van der Waals surface area (Å²) >= 11 is 0. The van der Waals surface area contributed by atoms with Crippen molar-refractivity contribution < 1.29 is 38.5 Å². The van der Waals surface area contributed by atoms with Crippen molar-refractivity contribution in [2.24, 2.45) is 21.8 Å². The first-order chi connectivity index (χ1) is 25.3. The zero-order chi connectivity index (χ0) is 38.4. The molecule has 0 fully saturated rings. The van der Waals surface area contributed by atoms with Crippen LogP contribution in [0.5, 0.6) is 17.2 Å². The third-order valence-electron chi connectivity index (χ3n) is 8.43. The normalized spacial score (nSPS) is 11.5. The van der Waals surface area contributed by atoms with Gasteiger partial charge in [-0.15, -0.1) is 0 Å². The fourth-order valence-electron chi connectivity index (χ4n) is 5.92. The van der Waals surface area contributed by atoms with Crippen molar-refractivity contribution in [2.45, 2.75) is 13.8 Å². The highest BCUT2D eigenvalue weighted by atomic mass is 19.1. The third kappa shape index (κ3) is 8.18. The Kier molecular flexibility index (Phi) is 11.2. The van der Waals surface area contributed by atoms with Crippen LogP contribution in [0.1, 0.15) is 22.3 Å². The number of aromatic hydroxyl groups is 2. The summed E-state index contributed by atoms with van der Waals surface area (Å²) in [5.74, 6) is -1.71. The fourth-order valence-corrected chi connectivity index (χ4v) is 5.92. The maximum absolute atomic E-state index is 14.3. The number of nitrogens with two attached hydrogens (primary N) is 2. The van der Waals surface area contributed by atoms with Crippen LogP contribution in [0.25, 0.3) is 44.5 Å². The van der Waals surface area contributed by atoms with Crippen LogP contribution < -0.4 is 16.2 Å². The number of oxime groups is 2. The molecule has 0 atom stereocenters. The molecule has 0 unspecified atom stereocenters. The van der Waals surface area contributed by atoms with Crippen molar-refractivity contribution in [1.82, 2.24) is 0 Å².